The van der Waals surface area contributed by atoms with Crippen LogP contribution in [-0.4, -0.2) is 12.6 Å². The number of hydrogen-bond donors (Lipinski definition) is 1. The molecule has 24 heavy (non-hydrogen) atoms. The highest BCUT2D eigenvalue weighted by atomic mass is 35.5. The summed E-state index contributed by atoms with van der Waals surface area (Å²) in [5, 5.41) is 1.32. The molecule has 1 aromatic rings. The van der Waals surface area contributed by atoms with Gasteiger partial charge in [-0.25, -0.2) is 0 Å². The standard InChI is InChI=1S/C19H30Cl3NO/c1-2-3-4-5-6-7-8-9-10-11-15(23)14-24-19-13-17(21)16(20)12-18(19)22/h12-13,15H,2-11,14,23H2,1H3. The van der Waals surface area contributed by atoms with Gasteiger partial charge in [-0.3, -0.25) is 0 Å². The zero-order valence-corrected chi connectivity index (χ0v) is 16.9. The summed E-state index contributed by atoms with van der Waals surface area (Å²) < 4.78 is 5.67. The molecule has 1 atom stereocenters. The van der Waals surface area contributed by atoms with Gasteiger partial charge in [-0.1, -0.05) is 99.5 Å². The minimum Gasteiger partial charge on any atom is -0.490 e. The van der Waals surface area contributed by atoms with Crippen molar-refractivity contribution >= 4 is 34.8 Å². The molecule has 0 saturated heterocycles. The molecular weight excluding hydrogens is 365 g/mol. The van der Waals surface area contributed by atoms with Crippen LogP contribution in [0.2, 0.25) is 15.1 Å². The van der Waals surface area contributed by atoms with Crippen molar-refractivity contribution in [3.63, 3.8) is 0 Å². The zero-order valence-electron chi connectivity index (χ0n) is 14.6. The summed E-state index contributed by atoms with van der Waals surface area (Å²) in [6.07, 6.45) is 12.8. The van der Waals surface area contributed by atoms with Crippen molar-refractivity contribution in [2.24, 2.45) is 5.73 Å². The third-order valence-electron chi connectivity index (χ3n) is 4.11. The van der Waals surface area contributed by atoms with Crippen LogP contribution in [0.25, 0.3) is 0 Å². The van der Waals surface area contributed by atoms with E-state index in [1.807, 2.05) is 0 Å². The molecule has 0 aliphatic carbocycles. The summed E-state index contributed by atoms with van der Waals surface area (Å²) in [4.78, 5) is 0. The minimum atomic E-state index is 0.0140. The number of nitrogens with two attached hydrogens (primary N) is 1. The second-order valence-corrected chi connectivity index (χ2v) is 7.61. The Morgan fingerprint density at radius 3 is 2.00 bits per heavy atom. The van der Waals surface area contributed by atoms with Crippen molar-refractivity contribution in [1.29, 1.82) is 0 Å². The van der Waals surface area contributed by atoms with E-state index < -0.39 is 0 Å². The zero-order chi connectivity index (χ0) is 17.8. The Labute approximate surface area is 162 Å². The van der Waals surface area contributed by atoms with Gasteiger partial charge in [0.25, 0.3) is 0 Å². The molecule has 138 valence electrons. The van der Waals surface area contributed by atoms with E-state index in [9.17, 15) is 0 Å². The number of rotatable bonds is 13. The van der Waals surface area contributed by atoms with Crippen LogP contribution >= 0.6 is 34.8 Å². The molecule has 0 aliphatic rings. The maximum absolute atomic E-state index is 6.11. The predicted octanol–water partition coefficient (Wildman–Crippen LogP) is 7.27. The van der Waals surface area contributed by atoms with E-state index in [1.54, 1.807) is 12.1 Å². The van der Waals surface area contributed by atoms with Crippen molar-refractivity contribution in [3.8, 4) is 5.75 Å². The molecule has 2 N–H and O–H groups in total. The van der Waals surface area contributed by atoms with E-state index in [0.717, 1.165) is 12.8 Å². The van der Waals surface area contributed by atoms with Gasteiger partial charge in [-0.2, -0.15) is 0 Å². The maximum atomic E-state index is 6.11. The van der Waals surface area contributed by atoms with Crippen LogP contribution in [0.3, 0.4) is 0 Å². The molecule has 0 radical (unpaired) electrons. The first-order valence-electron chi connectivity index (χ1n) is 9.07. The van der Waals surface area contributed by atoms with Crippen molar-refractivity contribution in [1.82, 2.24) is 0 Å². The van der Waals surface area contributed by atoms with Gasteiger partial charge in [0, 0.05) is 12.1 Å². The molecule has 1 aromatic carbocycles. The number of benzene rings is 1. The number of halogens is 3. The second kappa shape index (κ2) is 13.1. The van der Waals surface area contributed by atoms with Gasteiger partial charge < -0.3 is 10.5 Å². The summed E-state index contributed by atoms with van der Waals surface area (Å²) in [6.45, 7) is 2.69. The van der Waals surface area contributed by atoms with Crippen LogP contribution in [0.1, 0.15) is 71.1 Å². The number of unbranched alkanes of at least 4 members (excludes halogenated alkanes) is 8. The Morgan fingerprint density at radius 2 is 1.38 bits per heavy atom. The highest BCUT2D eigenvalue weighted by Crippen LogP contribution is 2.33. The van der Waals surface area contributed by atoms with E-state index in [2.05, 4.69) is 6.92 Å². The molecule has 0 fully saturated rings. The normalized spacial score (nSPS) is 12.4. The Morgan fingerprint density at radius 1 is 0.833 bits per heavy atom. The fourth-order valence-corrected chi connectivity index (χ4v) is 3.20. The minimum absolute atomic E-state index is 0.0140. The summed E-state index contributed by atoms with van der Waals surface area (Å²) in [5.41, 5.74) is 6.11. The first kappa shape index (κ1) is 21.9. The van der Waals surface area contributed by atoms with Crippen LogP contribution < -0.4 is 10.5 Å². The lowest BCUT2D eigenvalue weighted by Crippen LogP contribution is -2.27. The maximum Gasteiger partial charge on any atom is 0.139 e. The van der Waals surface area contributed by atoms with Crippen LogP contribution in [0.4, 0.5) is 0 Å². The first-order chi connectivity index (χ1) is 11.5. The second-order valence-electron chi connectivity index (χ2n) is 6.38. The molecule has 0 amide bonds. The molecule has 0 heterocycles. The van der Waals surface area contributed by atoms with Gasteiger partial charge in [0.15, 0.2) is 0 Å². The van der Waals surface area contributed by atoms with Crippen LogP contribution in [0.5, 0.6) is 5.75 Å². The molecule has 0 aromatic heterocycles. The van der Waals surface area contributed by atoms with Gasteiger partial charge in [0.2, 0.25) is 0 Å². The van der Waals surface area contributed by atoms with Gasteiger partial charge in [0.05, 0.1) is 15.1 Å². The van der Waals surface area contributed by atoms with E-state index >= 15 is 0 Å². The molecule has 2 nitrogen and oxygen atoms in total. The third-order valence-corrected chi connectivity index (χ3v) is 5.12. The molecule has 0 aliphatic heterocycles. The number of ether oxygens (including phenoxy) is 1. The van der Waals surface area contributed by atoms with E-state index in [0.29, 0.717) is 27.4 Å². The van der Waals surface area contributed by atoms with Crippen LogP contribution in [-0.2, 0) is 0 Å². The van der Waals surface area contributed by atoms with E-state index in [4.69, 9.17) is 45.3 Å². The molecule has 0 saturated carbocycles. The summed E-state index contributed by atoms with van der Waals surface area (Å²) in [5.74, 6) is 0.536. The van der Waals surface area contributed by atoms with Crippen molar-refractivity contribution in [2.75, 3.05) is 6.61 Å². The average molecular weight is 395 g/mol. The Hall–Kier alpha value is -0.150. The molecule has 1 unspecified atom stereocenters. The fourth-order valence-electron chi connectivity index (χ4n) is 2.61. The quantitative estimate of drug-likeness (QED) is 0.282. The van der Waals surface area contributed by atoms with Gasteiger partial charge >= 0.3 is 0 Å². The first-order valence-corrected chi connectivity index (χ1v) is 10.2. The Bertz CT molecular complexity index is 468. The van der Waals surface area contributed by atoms with Crippen LogP contribution in [0, 0.1) is 0 Å². The van der Waals surface area contributed by atoms with E-state index in [-0.39, 0.29) is 6.04 Å². The van der Waals surface area contributed by atoms with Crippen molar-refractivity contribution in [3.05, 3.63) is 27.2 Å². The molecule has 1 rings (SSSR count). The van der Waals surface area contributed by atoms with Gasteiger partial charge in [-0.15, -0.1) is 0 Å². The lowest BCUT2D eigenvalue weighted by atomic mass is 10.0. The molecule has 0 spiro atoms. The highest BCUT2D eigenvalue weighted by Gasteiger charge is 2.09. The Balaban J connectivity index is 2.08. The third kappa shape index (κ3) is 9.36. The van der Waals surface area contributed by atoms with Gasteiger partial charge in [-0.05, 0) is 12.5 Å². The topological polar surface area (TPSA) is 35.2 Å². The lowest BCUT2D eigenvalue weighted by Gasteiger charge is -2.14. The predicted molar refractivity (Wildman–Crippen MR) is 107 cm³/mol. The van der Waals surface area contributed by atoms with Crippen molar-refractivity contribution < 1.29 is 4.74 Å². The van der Waals surface area contributed by atoms with Crippen molar-refractivity contribution in [2.45, 2.75) is 77.2 Å². The van der Waals surface area contributed by atoms with E-state index in [1.165, 1.54) is 51.4 Å². The molecule has 0 bridgehead atoms. The lowest BCUT2D eigenvalue weighted by molar-refractivity contribution is 0.279. The summed E-state index contributed by atoms with van der Waals surface area (Å²) in [7, 11) is 0. The average Bonchev–Trinajstić information content (AvgIpc) is 2.55. The monoisotopic (exact) mass is 393 g/mol. The van der Waals surface area contributed by atoms with Gasteiger partial charge in [0.1, 0.15) is 12.4 Å². The van der Waals surface area contributed by atoms with Crippen LogP contribution in [0.15, 0.2) is 12.1 Å². The SMILES string of the molecule is CCCCCCCCCCCC(N)COc1cc(Cl)c(Cl)cc1Cl. The fraction of sp³-hybridized carbons (Fsp3) is 0.684. The number of hydrogen-bond acceptors (Lipinski definition) is 2. The Kier molecular flexibility index (Phi) is 12.0. The molecular formula is C19H30Cl3NO. The highest BCUT2D eigenvalue weighted by molar-refractivity contribution is 6.43. The largest absolute Gasteiger partial charge is 0.490 e. The summed E-state index contributed by atoms with van der Waals surface area (Å²) in [6, 6.07) is 3.24. The molecule has 5 heteroatoms. The summed E-state index contributed by atoms with van der Waals surface area (Å²) >= 11 is 18.0. The smallest absolute Gasteiger partial charge is 0.139 e.